The van der Waals surface area contributed by atoms with E-state index in [1.807, 2.05) is 18.7 Å². The average Bonchev–Trinajstić information content (AvgIpc) is 2.82. The Morgan fingerprint density at radius 3 is 2.24 bits per heavy atom. The number of H-pyrrole nitrogens is 1. The quantitative estimate of drug-likeness (QED) is 0.484. The highest BCUT2D eigenvalue weighted by atomic mass is 16.5. The molecular weight excluding hydrogens is 440 g/mol. The Morgan fingerprint density at radius 1 is 1.03 bits per heavy atom. The molecule has 10 nitrogen and oxygen atoms in total. The number of amides is 1. The first kappa shape index (κ1) is 24.6. The standard InChI is InChI=1S/C24H26N4O6/c1-14(2)28(12-20-26-19-8-6-5-7-18(19)22(30)27-20)13-21(29)25-17-10-15(23(31)33-3)9-16(11-17)24(32)34-4/h5-11,14H,12-13H2,1-4H3,(H,25,29)(H,26,27,30). The number of anilines is 1. The highest BCUT2D eigenvalue weighted by molar-refractivity contribution is 5.99. The van der Waals surface area contributed by atoms with Gasteiger partial charge in [0.05, 0.1) is 49.3 Å². The third kappa shape index (κ3) is 5.84. The molecule has 1 aromatic heterocycles. The maximum absolute atomic E-state index is 12.8. The van der Waals surface area contributed by atoms with Crippen LogP contribution in [0.4, 0.5) is 5.69 Å². The molecule has 2 aromatic carbocycles. The van der Waals surface area contributed by atoms with Crippen molar-refractivity contribution in [3.8, 4) is 0 Å². The fourth-order valence-corrected chi connectivity index (χ4v) is 3.38. The lowest BCUT2D eigenvalue weighted by atomic mass is 10.1. The molecule has 3 aromatic rings. The number of aromatic nitrogens is 2. The minimum atomic E-state index is -0.656. The normalized spacial score (nSPS) is 11.0. The number of esters is 2. The van der Waals surface area contributed by atoms with Crippen LogP contribution in [-0.4, -0.2) is 59.5 Å². The summed E-state index contributed by atoms with van der Waals surface area (Å²) in [6.07, 6.45) is 0. The number of methoxy groups -OCH3 is 2. The van der Waals surface area contributed by atoms with Gasteiger partial charge in [-0.25, -0.2) is 14.6 Å². The summed E-state index contributed by atoms with van der Waals surface area (Å²) < 4.78 is 9.44. The van der Waals surface area contributed by atoms with E-state index in [4.69, 9.17) is 9.47 Å². The molecule has 3 rings (SSSR count). The molecule has 0 radical (unpaired) electrons. The highest BCUT2D eigenvalue weighted by Crippen LogP contribution is 2.18. The van der Waals surface area contributed by atoms with Crippen LogP contribution in [0.15, 0.2) is 47.3 Å². The Balaban J connectivity index is 1.80. The zero-order valence-electron chi connectivity index (χ0n) is 19.4. The third-order valence-corrected chi connectivity index (χ3v) is 5.15. The molecule has 0 saturated heterocycles. The Bertz CT molecular complexity index is 1250. The largest absolute Gasteiger partial charge is 0.465 e. The first-order valence-corrected chi connectivity index (χ1v) is 10.6. The summed E-state index contributed by atoms with van der Waals surface area (Å²) in [4.78, 5) is 58.2. The van der Waals surface area contributed by atoms with E-state index < -0.39 is 11.9 Å². The molecule has 0 aliphatic heterocycles. The molecule has 0 bridgehead atoms. The van der Waals surface area contributed by atoms with E-state index in [9.17, 15) is 19.2 Å². The van der Waals surface area contributed by atoms with Gasteiger partial charge in [0.1, 0.15) is 5.82 Å². The first-order chi connectivity index (χ1) is 16.2. The summed E-state index contributed by atoms with van der Waals surface area (Å²) in [5.74, 6) is -1.26. The molecule has 1 heterocycles. The molecule has 0 aliphatic rings. The van der Waals surface area contributed by atoms with Crippen LogP contribution < -0.4 is 10.9 Å². The Hall–Kier alpha value is -4.05. The minimum Gasteiger partial charge on any atom is -0.465 e. The van der Waals surface area contributed by atoms with Gasteiger partial charge in [-0.1, -0.05) is 12.1 Å². The molecule has 178 valence electrons. The van der Waals surface area contributed by atoms with E-state index in [0.29, 0.717) is 16.7 Å². The fourth-order valence-electron chi connectivity index (χ4n) is 3.38. The van der Waals surface area contributed by atoms with Gasteiger partial charge in [0.15, 0.2) is 0 Å². The number of aromatic amines is 1. The first-order valence-electron chi connectivity index (χ1n) is 10.6. The SMILES string of the molecule is COC(=O)c1cc(NC(=O)CN(Cc2nc3ccccc3c(=O)[nH]2)C(C)C)cc(C(=O)OC)c1. The topological polar surface area (TPSA) is 131 Å². The number of fused-ring (bicyclic) bond motifs is 1. The van der Waals surface area contributed by atoms with Crippen LogP contribution in [0.3, 0.4) is 0 Å². The predicted octanol–water partition coefficient (Wildman–Crippen LogP) is 2.35. The van der Waals surface area contributed by atoms with Crippen molar-refractivity contribution in [2.24, 2.45) is 0 Å². The number of nitrogens with zero attached hydrogens (tertiary/aromatic N) is 2. The second-order valence-corrected chi connectivity index (χ2v) is 7.86. The number of carbonyl (C=O) groups excluding carboxylic acids is 3. The number of nitrogens with one attached hydrogen (secondary N) is 2. The van der Waals surface area contributed by atoms with E-state index in [1.54, 1.807) is 24.3 Å². The van der Waals surface area contributed by atoms with Crippen molar-refractivity contribution in [2.45, 2.75) is 26.4 Å². The van der Waals surface area contributed by atoms with Crippen LogP contribution in [0, 0.1) is 0 Å². The monoisotopic (exact) mass is 466 g/mol. The Labute approximate surface area is 195 Å². The van der Waals surface area contributed by atoms with E-state index >= 15 is 0 Å². The zero-order valence-corrected chi connectivity index (χ0v) is 19.4. The second kappa shape index (κ2) is 10.7. The summed E-state index contributed by atoms with van der Waals surface area (Å²) in [7, 11) is 2.44. The van der Waals surface area contributed by atoms with Crippen LogP contribution >= 0.6 is 0 Å². The number of carbonyl (C=O) groups is 3. The van der Waals surface area contributed by atoms with Crippen molar-refractivity contribution in [1.29, 1.82) is 0 Å². The van der Waals surface area contributed by atoms with Crippen molar-refractivity contribution < 1.29 is 23.9 Å². The Kier molecular flexibility index (Phi) is 7.75. The van der Waals surface area contributed by atoms with Gasteiger partial charge >= 0.3 is 11.9 Å². The van der Waals surface area contributed by atoms with Crippen molar-refractivity contribution in [2.75, 3.05) is 26.1 Å². The number of rotatable bonds is 8. The second-order valence-electron chi connectivity index (χ2n) is 7.86. The van der Waals surface area contributed by atoms with Gasteiger partial charge in [0.2, 0.25) is 5.91 Å². The van der Waals surface area contributed by atoms with Crippen LogP contribution in [-0.2, 0) is 20.8 Å². The molecule has 0 saturated carbocycles. The summed E-state index contributed by atoms with van der Waals surface area (Å²) >= 11 is 0. The van der Waals surface area contributed by atoms with Crippen LogP contribution in [0.2, 0.25) is 0 Å². The van der Waals surface area contributed by atoms with Gasteiger partial charge in [0.25, 0.3) is 5.56 Å². The molecule has 0 atom stereocenters. The van der Waals surface area contributed by atoms with Crippen LogP contribution in [0.1, 0.15) is 40.4 Å². The van der Waals surface area contributed by atoms with Crippen molar-refractivity contribution in [1.82, 2.24) is 14.9 Å². The molecule has 0 spiro atoms. The minimum absolute atomic E-state index is 0.0236. The summed E-state index contributed by atoms with van der Waals surface area (Å²) in [5.41, 5.74) is 0.765. The fraction of sp³-hybridized carbons (Fsp3) is 0.292. The van der Waals surface area contributed by atoms with E-state index in [2.05, 4.69) is 15.3 Å². The van der Waals surface area contributed by atoms with Crippen molar-refractivity contribution in [3.63, 3.8) is 0 Å². The van der Waals surface area contributed by atoms with Gasteiger partial charge in [-0.2, -0.15) is 0 Å². The van der Waals surface area contributed by atoms with Crippen molar-refractivity contribution >= 4 is 34.4 Å². The lowest BCUT2D eigenvalue weighted by Crippen LogP contribution is -2.38. The van der Waals surface area contributed by atoms with Gasteiger partial charge in [0, 0.05) is 11.7 Å². The number of benzene rings is 2. The highest BCUT2D eigenvalue weighted by Gasteiger charge is 2.19. The zero-order chi connectivity index (χ0) is 24.8. The van der Waals surface area contributed by atoms with Gasteiger partial charge in [-0.05, 0) is 44.2 Å². The number of hydrogen-bond donors (Lipinski definition) is 2. The molecule has 0 aliphatic carbocycles. The van der Waals surface area contributed by atoms with Crippen LogP contribution in [0.5, 0.6) is 0 Å². The summed E-state index contributed by atoms with van der Waals surface area (Å²) in [6.45, 7) is 4.05. The summed E-state index contributed by atoms with van der Waals surface area (Å²) in [6, 6.07) is 11.1. The number of hydrogen-bond acceptors (Lipinski definition) is 8. The van der Waals surface area contributed by atoms with Gasteiger partial charge in [-0.3, -0.25) is 14.5 Å². The Morgan fingerprint density at radius 2 is 1.65 bits per heavy atom. The maximum atomic E-state index is 12.8. The average molecular weight is 466 g/mol. The van der Waals surface area contributed by atoms with E-state index in [-0.39, 0.29) is 47.4 Å². The maximum Gasteiger partial charge on any atom is 0.337 e. The smallest absolute Gasteiger partial charge is 0.337 e. The molecule has 2 N–H and O–H groups in total. The predicted molar refractivity (Wildman–Crippen MR) is 126 cm³/mol. The van der Waals surface area contributed by atoms with E-state index in [0.717, 1.165) is 0 Å². The molecule has 10 heteroatoms. The van der Waals surface area contributed by atoms with Gasteiger partial charge in [-0.15, -0.1) is 0 Å². The third-order valence-electron chi connectivity index (χ3n) is 5.15. The number of ether oxygens (including phenoxy) is 2. The van der Waals surface area contributed by atoms with E-state index in [1.165, 1.54) is 32.4 Å². The molecule has 34 heavy (non-hydrogen) atoms. The van der Waals surface area contributed by atoms with Crippen LogP contribution in [0.25, 0.3) is 10.9 Å². The number of para-hydroxylation sites is 1. The molecule has 0 unspecified atom stereocenters. The molecule has 1 amide bonds. The summed E-state index contributed by atoms with van der Waals surface area (Å²) in [5, 5.41) is 3.20. The molecule has 0 fully saturated rings. The lowest BCUT2D eigenvalue weighted by Gasteiger charge is -2.25. The van der Waals surface area contributed by atoms with Gasteiger partial charge < -0.3 is 19.8 Å². The van der Waals surface area contributed by atoms with Crippen molar-refractivity contribution in [3.05, 3.63) is 69.8 Å². The lowest BCUT2D eigenvalue weighted by molar-refractivity contribution is -0.117. The molecular formula is C24H26N4O6.